The van der Waals surface area contributed by atoms with Gasteiger partial charge in [-0.1, -0.05) is 0 Å². The molecule has 18 heavy (non-hydrogen) atoms. The van der Waals surface area contributed by atoms with Crippen molar-refractivity contribution in [3.8, 4) is 10.6 Å². The van der Waals surface area contributed by atoms with Crippen molar-refractivity contribution in [1.82, 2.24) is 9.97 Å². The fourth-order valence-corrected chi connectivity index (χ4v) is 2.20. The molecule has 1 N–H and O–H groups in total. The monoisotopic (exact) mass is 274 g/mol. The number of pyridine rings is 1. The van der Waals surface area contributed by atoms with Crippen molar-refractivity contribution in [3.05, 3.63) is 35.1 Å². The highest BCUT2D eigenvalue weighted by atomic mass is 32.1. The molecule has 0 atom stereocenters. The maximum absolute atomic E-state index is 12.6. The lowest BCUT2D eigenvalue weighted by Gasteiger charge is -2.02. The Kier molecular flexibility index (Phi) is 3.04. The lowest BCUT2D eigenvalue weighted by molar-refractivity contribution is -0.141. The number of hydrogen-bond acceptors (Lipinski definition) is 4. The highest BCUT2D eigenvalue weighted by Crippen LogP contribution is 2.37. The van der Waals surface area contributed by atoms with Crippen molar-refractivity contribution in [3.63, 3.8) is 0 Å². The van der Waals surface area contributed by atoms with E-state index in [1.807, 2.05) is 0 Å². The van der Waals surface area contributed by atoms with Gasteiger partial charge in [-0.15, -0.1) is 11.3 Å². The number of aromatic carboxylic acids is 1. The zero-order valence-electron chi connectivity index (χ0n) is 8.60. The average Bonchev–Trinajstić information content (AvgIpc) is 2.74. The van der Waals surface area contributed by atoms with Crippen LogP contribution in [0.5, 0.6) is 0 Å². The van der Waals surface area contributed by atoms with E-state index in [1.165, 1.54) is 24.5 Å². The third-order valence-electron chi connectivity index (χ3n) is 2.02. The van der Waals surface area contributed by atoms with E-state index in [0.29, 0.717) is 16.9 Å². The summed E-state index contributed by atoms with van der Waals surface area (Å²) in [6.45, 7) is 0. The molecule has 0 fully saturated rings. The Morgan fingerprint density at radius 2 is 1.89 bits per heavy atom. The number of carboxylic acids is 1. The van der Waals surface area contributed by atoms with Crippen molar-refractivity contribution in [2.45, 2.75) is 6.18 Å². The van der Waals surface area contributed by atoms with Gasteiger partial charge in [0.25, 0.3) is 0 Å². The molecule has 0 amide bonds. The minimum atomic E-state index is -4.78. The van der Waals surface area contributed by atoms with Crippen LogP contribution in [-0.4, -0.2) is 21.0 Å². The number of carbonyl (C=O) groups is 1. The molecule has 0 saturated heterocycles. The van der Waals surface area contributed by atoms with Gasteiger partial charge >= 0.3 is 12.1 Å². The Morgan fingerprint density at radius 1 is 1.28 bits per heavy atom. The van der Waals surface area contributed by atoms with Crippen molar-refractivity contribution in [1.29, 1.82) is 0 Å². The van der Waals surface area contributed by atoms with E-state index in [-0.39, 0.29) is 5.01 Å². The minimum absolute atomic E-state index is 0.00197. The molecule has 8 heteroatoms. The summed E-state index contributed by atoms with van der Waals surface area (Å²) in [5.74, 6) is -1.64. The first-order valence-corrected chi connectivity index (χ1v) is 5.43. The Balaban J connectivity index is 2.57. The Morgan fingerprint density at radius 3 is 2.33 bits per heavy atom. The number of thiazole rings is 1. The van der Waals surface area contributed by atoms with Gasteiger partial charge in [0, 0.05) is 18.0 Å². The molecular weight excluding hydrogens is 269 g/mol. The molecule has 0 aliphatic rings. The van der Waals surface area contributed by atoms with E-state index in [9.17, 15) is 18.0 Å². The molecule has 0 aliphatic carbocycles. The number of aromatic nitrogens is 2. The van der Waals surface area contributed by atoms with Gasteiger partial charge in [0.2, 0.25) is 0 Å². The second-order valence-electron chi connectivity index (χ2n) is 3.24. The number of rotatable bonds is 2. The predicted octanol–water partition coefficient (Wildman–Crippen LogP) is 2.92. The molecule has 2 rings (SSSR count). The fraction of sp³-hybridized carbons (Fsp3) is 0.100. The van der Waals surface area contributed by atoms with Gasteiger partial charge in [-0.05, 0) is 12.1 Å². The van der Waals surface area contributed by atoms with E-state index in [0.717, 1.165) is 0 Å². The number of carboxylic acid groups (broad SMARTS) is 1. The molecule has 94 valence electrons. The molecule has 2 heterocycles. The number of hydrogen-bond donors (Lipinski definition) is 1. The number of halogens is 3. The summed E-state index contributed by atoms with van der Waals surface area (Å²) in [4.78, 5) is 17.0. The number of alkyl halides is 3. The van der Waals surface area contributed by atoms with Crippen LogP contribution >= 0.6 is 11.3 Å². The third kappa shape index (κ3) is 2.33. The molecule has 2 aromatic heterocycles. The van der Waals surface area contributed by atoms with Gasteiger partial charge in [0.1, 0.15) is 9.88 Å². The molecule has 0 radical (unpaired) electrons. The average molecular weight is 274 g/mol. The smallest absolute Gasteiger partial charge is 0.435 e. The minimum Gasteiger partial charge on any atom is -0.477 e. The quantitative estimate of drug-likeness (QED) is 0.914. The first-order valence-electron chi connectivity index (χ1n) is 4.61. The summed E-state index contributed by atoms with van der Waals surface area (Å²) in [5, 5.41) is 8.75. The van der Waals surface area contributed by atoms with Gasteiger partial charge in [0.15, 0.2) is 5.69 Å². The van der Waals surface area contributed by atoms with Crippen LogP contribution in [0.15, 0.2) is 24.5 Å². The van der Waals surface area contributed by atoms with Crippen LogP contribution < -0.4 is 0 Å². The summed E-state index contributed by atoms with van der Waals surface area (Å²) < 4.78 is 37.8. The summed E-state index contributed by atoms with van der Waals surface area (Å²) in [6, 6.07) is 2.93. The van der Waals surface area contributed by atoms with Crippen LogP contribution in [0.4, 0.5) is 13.2 Å². The summed E-state index contributed by atoms with van der Waals surface area (Å²) >= 11 is 0.489. The normalized spacial score (nSPS) is 11.5. The highest BCUT2D eigenvalue weighted by Gasteiger charge is 2.39. The molecular formula is C10H5F3N2O2S. The van der Waals surface area contributed by atoms with E-state index >= 15 is 0 Å². The summed E-state index contributed by atoms with van der Waals surface area (Å²) in [7, 11) is 0. The van der Waals surface area contributed by atoms with Crippen LogP contribution in [-0.2, 0) is 6.18 Å². The maximum Gasteiger partial charge on any atom is 0.435 e. The molecule has 0 unspecified atom stereocenters. The SMILES string of the molecule is O=C(O)c1sc(-c2ccncc2)nc1C(F)(F)F. The molecule has 0 aromatic carbocycles. The maximum atomic E-state index is 12.6. The third-order valence-corrected chi connectivity index (χ3v) is 3.11. The van der Waals surface area contributed by atoms with Gasteiger partial charge in [0.05, 0.1) is 0 Å². The molecule has 2 aromatic rings. The molecule has 0 saturated carbocycles. The van der Waals surface area contributed by atoms with Gasteiger partial charge in [-0.2, -0.15) is 13.2 Å². The van der Waals surface area contributed by atoms with Crippen LogP contribution in [0.1, 0.15) is 15.4 Å². The largest absolute Gasteiger partial charge is 0.477 e. The second kappa shape index (κ2) is 4.37. The van der Waals surface area contributed by atoms with Crippen molar-refractivity contribution in [2.24, 2.45) is 0 Å². The standard InChI is InChI=1S/C10H5F3N2O2S/c11-10(12,13)7-6(9(16)17)18-8(15-7)5-1-3-14-4-2-5/h1-4H,(H,16,17). The van der Waals surface area contributed by atoms with Crippen molar-refractivity contribution < 1.29 is 23.1 Å². The molecule has 0 aliphatic heterocycles. The highest BCUT2D eigenvalue weighted by molar-refractivity contribution is 7.17. The van der Waals surface area contributed by atoms with E-state index in [1.54, 1.807) is 0 Å². The summed E-state index contributed by atoms with van der Waals surface area (Å²) in [5.41, 5.74) is -0.972. The van der Waals surface area contributed by atoms with Gasteiger partial charge < -0.3 is 5.11 Å². The van der Waals surface area contributed by atoms with Gasteiger partial charge in [-0.25, -0.2) is 9.78 Å². The van der Waals surface area contributed by atoms with Gasteiger partial charge in [-0.3, -0.25) is 4.98 Å². The first-order chi connectivity index (χ1) is 8.39. The number of nitrogens with zero attached hydrogens (tertiary/aromatic N) is 2. The van der Waals surface area contributed by atoms with E-state index in [4.69, 9.17) is 5.11 Å². The van der Waals surface area contributed by atoms with Crippen molar-refractivity contribution >= 4 is 17.3 Å². The Bertz CT molecular complexity index is 581. The zero-order chi connectivity index (χ0) is 13.3. The summed E-state index contributed by atoms with van der Waals surface area (Å²) in [6.07, 6.45) is -2.00. The predicted molar refractivity (Wildman–Crippen MR) is 57.3 cm³/mol. The van der Waals surface area contributed by atoms with Crippen LogP contribution in [0.3, 0.4) is 0 Å². The lowest BCUT2D eigenvalue weighted by Crippen LogP contribution is -2.11. The fourth-order valence-electron chi connectivity index (χ4n) is 1.28. The molecule has 4 nitrogen and oxygen atoms in total. The first kappa shape index (κ1) is 12.5. The second-order valence-corrected chi connectivity index (χ2v) is 4.23. The Hall–Kier alpha value is -1.96. The van der Waals surface area contributed by atoms with Crippen LogP contribution in [0.25, 0.3) is 10.6 Å². The van der Waals surface area contributed by atoms with E-state index < -0.39 is 22.7 Å². The van der Waals surface area contributed by atoms with Crippen LogP contribution in [0, 0.1) is 0 Å². The van der Waals surface area contributed by atoms with Crippen LogP contribution in [0.2, 0.25) is 0 Å². The van der Waals surface area contributed by atoms with Crippen molar-refractivity contribution in [2.75, 3.05) is 0 Å². The Labute approximate surface area is 103 Å². The topological polar surface area (TPSA) is 63.1 Å². The zero-order valence-corrected chi connectivity index (χ0v) is 9.42. The molecule has 0 bridgehead atoms. The molecule has 0 spiro atoms. The van der Waals surface area contributed by atoms with E-state index in [2.05, 4.69) is 9.97 Å². The lowest BCUT2D eigenvalue weighted by atomic mass is 10.3.